The fourth-order valence-electron chi connectivity index (χ4n) is 4.81. The third-order valence-electron chi connectivity index (χ3n) is 7.18. The molecule has 8 nitrogen and oxygen atoms in total. The average Bonchev–Trinajstić information content (AvgIpc) is 3.34. The predicted octanol–water partition coefficient (Wildman–Crippen LogP) is 6.01. The third kappa shape index (κ3) is 6.57. The van der Waals surface area contributed by atoms with Gasteiger partial charge in [-0.1, -0.05) is 54.4 Å². The number of benzene rings is 3. The number of hydrogen-bond acceptors (Lipinski definition) is 7. The van der Waals surface area contributed by atoms with Crippen LogP contribution in [0.15, 0.2) is 77.6 Å². The van der Waals surface area contributed by atoms with Crippen LogP contribution in [0.1, 0.15) is 41.1 Å². The Morgan fingerprint density at radius 3 is 2.30 bits per heavy atom. The van der Waals surface area contributed by atoms with Gasteiger partial charge in [0.25, 0.3) is 0 Å². The van der Waals surface area contributed by atoms with Crippen molar-refractivity contribution in [1.82, 2.24) is 9.55 Å². The van der Waals surface area contributed by atoms with Crippen LogP contribution in [-0.4, -0.2) is 29.3 Å². The van der Waals surface area contributed by atoms with E-state index in [4.69, 9.17) is 23.2 Å². The Labute approximate surface area is 252 Å². The summed E-state index contributed by atoms with van der Waals surface area (Å²) in [7, 11) is -3.78. The minimum Gasteiger partial charge on any atom is -0.403 e. The maximum Gasteiger partial charge on any atom is 0.434 e. The zero-order valence-electron chi connectivity index (χ0n) is 23.8. The molecule has 3 aromatic carbocycles. The summed E-state index contributed by atoms with van der Waals surface area (Å²) in [5.41, 5.74) is 8.82. The number of aromatic nitrogens is 2. The van der Waals surface area contributed by atoms with E-state index in [9.17, 15) is 26.7 Å². The number of alkyl halides is 3. The molecule has 5 N–H and O–H groups in total. The second kappa shape index (κ2) is 12.0. The lowest BCUT2D eigenvalue weighted by Gasteiger charge is -2.29. The van der Waals surface area contributed by atoms with Gasteiger partial charge in [-0.25, -0.2) is 19.2 Å². The summed E-state index contributed by atoms with van der Waals surface area (Å²) in [6, 6.07) is 15.4. The number of imidazole rings is 1. The third-order valence-corrected chi connectivity index (χ3v) is 8.68. The highest BCUT2D eigenvalue weighted by Gasteiger charge is 2.35. The number of nitrogens with two attached hydrogens (primary N) is 2. The van der Waals surface area contributed by atoms with Crippen LogP contribution in [0.25, 0.3) is 16.8 Å². The number of aliphatic hydroxyl groups excluding tert-OH is 1. The molecule has 228 valence electrons. The molecular formula is C30H31ClF3N5O3S. The molecule has 4 aromatic rings. The van der Waals surface area contributed by atoms with Gasteiger partial charge in [0.1, 0.15) is 5.82 Å². The van der Waals surface area contributed by atoms with Gasteiger partial charge in [0.05, 0.1) is 28.6 Å². The first-order valence-corrected chi connectivity index (χ1v) is 15.3. The molecule has 0 spiro atoms. The highest BCUT2D eigenvalue weighted by molar-refractivity contribution is 7.90. The summed E-state index contributed by atoms with van der Waals surface area (Å²) in [6.45, 7) is 4.69. The van der Waals surface area contributed by atoms with E-state index < -0.39 is 28.3 Å². The van der Waals surface area contributed by atoms with Gasteiger partial charge in [-0.05, 0) is 54.8 Å². The first-order valence-electron chi connectivity index (χ1n) is 13.0. The molecule has 0 saturated carbocycles. The largest absolute Gasteiger partial charge is 0.434 e. The van der Waals surface area contributed by atoms with Crippen molar-refractivity contribution in [3.63, 3.8) is 0 Å². The SMILES string of the molecule is Cc1ccc(C(C)/C(=C/N)N(N)c2cc(-c3cc(Cl)c(CO)c(S(C)(=O)=O)c3)ccc2-n2cc(C(F)(F)F)nc2C)cc1. The molecule has 1 unspecified atom stereocenters. The van der Waals surface area contributed by atoms with E-state index in [1.54, 1.807) is 18.2 Å². The lowest BCUT2D eigenvalue weighted by Crippen LogP contribution is -2.34. The quantitative estimate of drug-likeness (QED) is 0.160. The van der Waals surface area contributed by atoms with Crippen LogP contribution in [0.4, 0.5) is 18.9 Å². The molecule has 1 atom stereocenters. The van der Waals surface area contributed by atoms with E-state index in [0.29, 0.717) is 16.8 Å². The molecule has 13 heteroatoms. The van der Waals surface area contributed by atoms with Gasteiger partial charge < -0.3 is 15.4 Å². The number of hydrazine groups is 1. The Hall–Kier alpha value is -3.84. The second-order valence-corrected chi connectivity index (χ2v) is 12.6. The van der Waals surface area contributed by atoms with E-state index in [-0.39, 0.29) is 38.6 Å². The van der Waals surface area contributed by atoms with E-state index in [0.717, 1.165) is 23.6 Å². The van der Waals surface area contributed by atoms with Crippen molar-refractivity contribution >= 4 is 27.1 Å². The Balaban J connectivity index is 1.95. The number of rotatable bonds is 8. The number of aliphatic hydroxyl groups is 1. The summed E-state index contributed by atoms with van der Waals surface area (Å²) in [6.07, 6.45) is -1.46. The van der Waals surface area contributed by atoms with Crippen LogP contribution in [0, 0.1) is 13.8 Å². The Morgan fingerprint density at radius 1 is 1.12 bits per heavy atom. The smallest absolute Gasteiger partial charge is 0.403 e. The number of sulfone groups is 1. The second-order valence-electron chi connectivity index (χ2n) is 10.2. The maximum absolute atomic E-state index is 13.6. The van der Waals surface area contributed by atoms with Crippen molar-refractivity contribution in [3.8, 4) is 16.8 Å². The number of halogens is 4. The van der Waals surface area contributed by atoms with Crippen molar-refractivity contribution in [3.05, 3.63) is 106 Å². The summed E-state index contributed by atoms with van der Waals surface area (Å²) < 4.78 is 67.0. The van der Waals surface area contributed by atoms with Gasteiger partial charge in [-0.2, -0.15) is 13.2 Å². The minimum atomic E-state index is -4.67. The molecule has 43 heavy (non-hydrogen) atoms. The molecule has 0 aliphatic carbocycles. The molecular weight excluding hydrogens is 603 g/mol. The highest BCUT2D eigenvalue weighted by atomic mass is 35.5. The van der Waals surface area contributed by atoms with Crippen LogP contribution in [-0.2, 0) is 22.6 Å². The first-order chi connectivity index (χ1) is 20.1. The molecule has 0 aliphatic heterocycles. The number of hydrogen-bond donors (Lipinski definition) is 3. The molecule has 0 aliphatic rings. The number of aryl methyl sites for hydroxylation is 2. The van der Waals surface area contributed by atoms with E-state index >= 15 is 0 Å². The van der Waals surface area contributed by atoms with E-state index in [1.165, 1.54) is 34.8 Å². The molecule has 0 fully saturated rings. The minimum absolute atomic E-state index is 0.0338. The maximum atomic E-state index is 13.6. The zero-order chi connectivity index (χ0) is 31.9. The van der Waals surface area contributed by atoms with E-state index in [1.807, 2.05) is 38.1 Å². The molecule has 1 heterocycles. The summed E-state index contributed by atoms with van der Waals surface area (Å²) in [5, 5.41) is 11.1. The standard InChI is InChI=1S/C30H31ClF3N5O3S/c1-17-5-7-20(8-6-17)18(2)27(14-35)39(36)26-12-21(22-11-24(31)23(16-40)28(13-22)43(4,41)42)9-10-25(26)38-15-29(30(32,33)34)37-19(38)3/h5-15,18,40H,16,35-36H2,1-4H3/b27-14-. The zero-order valence-corrected chi connectivity index (χ0v) is 25.4. The van der Waals surface area contributed by atoms with Gasteiger partial charge in [0.2, 0.25) is 0 Å². The number of anilines is 1. The van der Waals surface area contributed by atoms with Crippen molar-refractivity contribution in [2.24, 2.45) is 11.6 Å². The Morgan fingerprint density at radius 2 is 1.77 bits per heavy atom. The van der Waals surface area contributed by atoms with Crippen molar-refractivity contribution in [2.45, 2.75) is 44.4 Å². The highest BCUT2D eigenvalue weighted by Crippen LogP contribution is 2.38. The summed E-state index contributed by atoms with van der Waals surface area (Å²) in [4.78, 5) is 3.55. The van der Waals surface area contributed by atoms with Gasteiger partial charge in [-0.15, -0.1) is 0 Å². The van der Waals surface area contributed by atoms with Gasteiger partial charge >= 0.3 is 6.18 Å². The fraction of sp³-hybridized carbons (Fsp3) is 0.233. The normalized spacial score (nSPS) is 13.3. The molecule has 0 amide bonds. The molecule has 4 rings (SSSR count). The number of allylic oxidation sites excluding steroid dienone is 1. The van der Waals surface area contributed by atoms with Crippen LogP contribution in [0.3, 0.4) is 0 Å². The Bertz CT molecular complexity index is 1800. The molecule has 0 radical (unpaired) electrons. The lowest BCUT2D eigenvalue weighted by molar-refractivity contribution is -0.141. The summed E-state index contributed by atoms with van der Waals surface area (Å²) in [5.74, 6) is 6.44. The first kappa shape index (κ1) is 32.1. The lowest BCUT2D eigenvalue weighted by atomic mass is 9.96. The van der Waals surface area contributed by atoms with Crippen LogP contribution in [0.2, 0.25) is 5.02 Å². The van der Waals surface area contributed by atoms with Crippen molar-refractivity contribution in [1.29, 1.82) is 0 Å². The van der Waals surface area contributed by atoms with Crippen LogP contribution < -0.4 is 16.6 Å². The number of nitrogens with zero attached hydrogens (tertiary/aromatic N) is 3. The van der Waals surface area contributed by atoms with Crippen LogP contribution >= 0.6 is 11.6 Å². The summed E-state index contributed by atoms with van der Waals surface area (Å²) >= 11 is 6.38. The van der Waals surface area contributed by atoms with Gasteiger partial charge in [-0.3, -0.25) is 5.01 Å². The monoisotopic (exact) mass is 633 g/mol. The molecule has 0 saturated heterocycles. The van der Waals surface area contributed by atoms with Crippen LogP contribution in [0.5, 0.6) is 0 Å². The Kier molecular flexibility index (Phi) is 8.98. The topological polar surface area (TPSA) is 127 Å². The van der Waals surface area contributed by atoms with Crippen molar-refractivity contribution in [2.75, 3.05) is 11.3 Å². The van der Waals surface area contributed by atoms with Gasteiger partial charge in [0.15, 0.2) is 15.5 Å². The average molecular weight is 634 g/mol. The fourth-order valence-corrected chi connectivity index (χ4v) is 6.11. The van der Waals surface area contributed by atoms with E-state index in [2.05, 4.69) is 4.98 Å². The molecule has 0 bridgehead atoms. The van der Waals surface area contributed by atoms with Gasteiger partial charge in [0, 0.05) is 35.2 Å². The van der Waals surface area contributed by atoms with Crippen molar-refractivity contribution < 1.29 is 26.7 Å². The predicted molar refractivity (Wildman–Crippen MR) is 161 cm³/mol. The molecule has 1 aromatic heterocycles.